The Morgan fingerprint density at radius 1 is 1.40 bits per heavy atom. The van der Waals surface area contributed by atoms with Gasteiger partial charge in [0.2, 0.25) is 10.0 Å². The van der Waals surface area contributed by atoms with Crippen molar-refractivity contribution in [3.8, 4) is 6.07 Å². The van der Waals surface area contributed by atoms with Gasteiger partial charge in [-0.1, -0.05) is 0 Å². The predicted octanol–water partition coefficient (Wildman–Crippen LogP) is 1.02. The van der Waals surface area contributed by atoms with Crippen LogP contribution in [0.4, 0.5) is 4.39 Å². The third-order valence-electron chi connectivity index (χ3n) is 1.65. The van der Waals surface area contributed by atoms with Crippen molar-refractivity contribution in [1.29, 1.82) is 5.26 Å². The maximum Gasteiger partial charge on any atom is 0.241 e. The Balaban J connectivity index is 2.98. The fourth-order valence-corrected chi connectivity index (χ4v) is 2.09. The molecule has 0 aliphatic carbocycles. The molecule has 4 nitrogen and oxygen atoms in total. The van der Waals surface area contributed by atoms with E-state index in [1.807, 2.05) is 0 Å². The molecular formula is C9H9FN2O2S. The lowest BCUT2D eigenvalue weighted by atomic mass is 10.4. The Hall–Kier alpha value is -1.45. The van der Waals surface area contributed by atoms with Crippen molar-refractivity contribution < 1.29 is 12.8 Å². The average molecular weight is 228 g/mol. The third kappa shape index (κ3) is 3.01. The van der Waals surface area contributed by atoms with E-state index in [4.69, 9.17) is 5.26 Å². The van der Waals surface area contributed by atoms with Gasteiger partial charge in [0.25, 0.3) is 0 Å². The number of nitriles is 1. The molecule has 0 saturated carbocycles. The fraction of sp³-hybridized carbons (Fsp3) is 0.222. The molecule has 15 heavy (non-hydrogen) atoms. The van der Waals surface area contributed by atoms with Gasteiger partial charge in [0.15, 0.2) is 0 Å². The molecule has 0 aliphatic heterocycles. The largest absolute Gasteiger partial charge is 0.241 e. The van der Waals surface area contributed by atoms with Gasteiger partial charge in [-0.3, -0.25) is 0 Å². The van der Waals surface area contributed by atoms with Gasteiger partial charge < -0.3 is 0 Å². The number of hydrogen-bond donors (Lipinski definition) is 1. The highest BCUT2D eigenvalue weighted by Gasteiger charge is 2.16. The van der Waals surface area contributed by atoms with Gasteiger partial charge in [0, 0.05) is 0 Å². The Morgan fingerprint density at radius 2 is 1.93 bits per heavy atom. The summed E-state index contributed by atoms with van der Waals surface area (Å²) in [5.74, 6) is -0.512. The van der Waals surface area contributed by atoms with Crippen LogP contribution in [-0.2, 0) is 10.0 Å². The summed E-state index contributed by atoms with van der Waals surface area (Å²) in [7, 11) is -3.73. The van der Waals surface area contributed by atoms with E-state index in [1.165, 1.54) is 6.92 Å². The zero-order chi connectivity index (χ0) is 11.5. The molecule has 0 amide bonds. The zero-order valence-electron chi connectivity index (χ0n) is 7.94. The van der Waals surface area contributed by atoms with Gasteiger partial charge in [-0.15, -0.1) is 0 Å². The second kappa shape index (κ2) is 4.38. The lowest BCUT2D eigenvalue weighted by Crippen LogP contribution is -2.31. The summed E-state index contributed by atoms with van der Waals surface area (Å²) in [6.07, 6.45) is 0. The van der Waals surface area contributed by atoms with Crippen molar-refractivity contribution in [3.63, 3.8) is 0 Å². The average Bonchev–Trinajstić information content (AvgIpc) is 2.17. The topological polar surface area (TPSA) is 70.0 Å². The summed E-state index contributed by atoms with van der Waals surface area (Å²) in [5.41, 5.74) is 0. The van der Waals surface area contributed by atoms with Crippen molar-refractivity contribution in [2.24, 2.45) is 0 Å². The molecule has 80 valence electrons. The standard InChI is InChI=1S/C9H9FN2O2S/c1-7(6-11)12-15(13,14)9-4-2-8(10)3-5-9/h2-5,7,12H,1H3. The first-order chi connectivity index (χ1) is 6.95. The first kappa shape index (κ1) is 11.6. The smallest absolute Gasteiger partial charge is 0.207 e. The highest BCUT2D eigenvalue weighted by Crippen LogP contribution is 2.09. The van der Waals surface area contributed by atoms with Crippen LogP contribution < -0.4 is 4.72 Å². The van der Waals surface area contributed by atoms with Crippen LogP contribution in [0.5, 0.6) is 0 Å². The van der Waals surface area contributed by atoms with Gasteiger partial charge in [0.1, 0.15) is 11.9 Å². The van der Waals surface area contributed by atoms with Crippen LogP contribution in [0.25, 0.3) is 0 Å². The highest BCUT2D eigenvalue weighted by molar-refractivity contribution is 7.89. The molecule has 6 heteroatoms. The molecule has 1 atom stereocenters. The van der Waals surface area contributed by atoms with Crippen LogP contribution in [0.15, 0.2) is 29.2 Å². The van der Waals surface area contributed by atoms with Crippen LogP contribution in [0, 0.1) is 17.1 Å². The van der Waals surface area contributed by atoms with Gasteiger partial charge in [-0.25, -0.2) is 12.8 Å². The number of hydrogen-bond acceptors (Lipinski definition) is 3. The molecule has 0 aromatic heterocycles. The zero-order valence-corrected chi connectivity index (χ0v) is 8.75. The summed E-state index contributed by atoms with van der Waals surface area (Å²) in [5, 5.41) is 8.45. The van der Waals surface area contributed by atoms with Crippen molar-refractivity contribution >= 4 is 10.0 Å². The molecule has 0 bridgehead atoms. The Kier molecular flexibility index (Phi) is 3.39. The molecule has 0 saturated heterocycles. The maximum atomic E-state index is 12.5. The molecule has 0 radical (unpaired) electrons. The van der Waals surface area contributed by atoms with E-state index in [9.17, 15) is 12.8 Å². The Morgan fingerprint density at radius 3 is 2.40 bits per heavy atom. The fourth-order valence-electron chi connectivity index (χ4n) is 0.941. The van der Waals surface area contributed by atoms with E-state index < -0.39 is 21.9 Å². The van der Waals surface area contributed by atoms with Crippen molar-refractivity contribution in [2.45, 2.75) is 17.9 Å². The van der Waals surface area contributed by atoms with Crippen LogP contribution in [0.2, 0.25) is 0 Å². The first-order valence-corrected chi connectivity index (χ1v) is 5.61. The Labute approximate surface area is 87.4 Å². The first-order valence-electron chi connectivity index (χ1n) is 4.13. The maximum absolute atomic E-state index is 12.5. The van der Waals surface area contributed by atoms with E-state index in [1.54, 1.807) is 6.07 Å². The van der Waals surface area contributed by atoms with Crippen molar-refractivity contribution in [2.75, 3.05) is 0 Å². The van der Waals surface area contributed by atoms with Crippen LogP contribution in [0.3, 0.4) is 0 Å². The molecule has 1 N–H and O–H groups in total. The van der Waals surface area contributed by atoms with Crippen LogP contribution in [-0.4, -0.2) is 14.5 Å². The second-order valence-corrected chi connectivity index (χ2v) is 4.64. The van der Waals surface area contributed by atoms with E-state index in [0.717, 1.165) is 24.3 Å². The van der Waals surface area contributed by atoms with E-state index in [0.29, 0.717) is 0 Å². The number of rotatable bonds is 3. The number of nitrogens with zero attached hydrogens (tertiary/aromatic N) is 1. The highest BCUT2D eigenvalue weighted by atomic mass is 32.2. The Bertz CT molecular complexity index is 476. The van der Waals surface area contributed by atoms with E-state index in [2.05, 4.69) is 4.72 Å². The molecule has 1 aromatic carbocycles. The van der Waals surface area contributed by atoms with Gasteiger partial charge >= 0.3 is 0 Å². The number of benzene rings is 1. The normalized spacial score (nSPS) is 13.1. The minimum atomic E-state index is -3.73. The quantitative estimate of drug-likeness (QED) is 0.839. The minimum absolute atomic E-state index is 0.0639. The van der Waals surface area contributed by atoms with Gasteiger partial charge in [0.05, 0.1) is 11.0 Å². The summed E-state index contributed by atoms with van der Waals surface area (Å²) in [6, 6.07) is 5.29. The molecular weight excluding hydrogens is 219 g/mol. The molecule has 0 aliphatic rings. The van der Waals surface area contributed by atoms with Crippen molar-refractivity contribution in [1.82, 2.24) is 4.72 Å². The van der Waals surface area contributed by atoms with E-state index in [-0.39, 0.29) is 4.90 Å². The molecule has 1 aromatic rings. The van der Waals surface area contributed by atoms with Crippen LogP contribution in [0.1, 0.15) is 6.92 Å². The minimum Gasteiger partial charge on any atom is -0.207 e. The molecule has 0 heterocycles. The molecule has 1 rings (SSSR count). The predicted molar refractivity (Wildman–Crippen MR) is 51.8 cm³/mol. The molecule has 1 unspecified atom stereocenters. The third-order valence-corrected chi connectivity index (χ3v) is 3.21. The number of halogens is 1. The SMILES string of the molecule is CC(C#N)NS(=O)(=O)c1ccc(F)cc1. The van der Waals surface area contributed by atoms with Crippen LogP contribution >= 0.6 is 0 Å². The number of sulfonamides is 1. The van der Waals surface area contributed by atoms with Gasteiger partial charge in [-0.05, 0) is 31.2 Å². The summed E-state index contributed by atoms with van der Waals surface area (Å²) < 4.78 is 37.7. The molecule has 0 fully saturated rings. The lowest BCUT2D eigenvalue weighted by Gasteiger charge is -2.07. The van der Waals surface area contributed by atoms with Crippen molar-refractivity contribution in [3.05, 3.63) is 30.1 Å². The monoisotopic (exact) mass is 228 g/mol. The van der Waals surface area contributed by atoms with E-state index >= 15 is 0 Å². The number of nitrogens with one attached hydrogen (secondary N) is 1. The van der Waals surface area contributed by atoms with Gasteiger partial charge in [-0.2, -0.15) is 9.98 Å². The second-order valence-electron chi connectivity index (χ2n) is 2.93. The summed E-state index contributed by atoms with van der Waals surface area (Å²) >= 11 is 0. The lowest BCUT2D eigenvalue weighted by molar-refractivity contribution is 0.576. The molecule has 0 spiro atoms. The summed E-state index contributed by atoms with van der Waals surface area (Å²) in [6.45, 7) is 1.42. The summed E-state index contributed by atoms with van der Waals surface area (Å²) in [4.78, 5) is -0.0639.